The number of pyridine rings is 1. The highest BCUT2D eigenvalue weighted by Gasteiger charge is 2.18. The highest BCUT2D eigenvalue weighted by atomic mass is 16.2. The number of likely N-dealkylation sites (tertiary alicyclic amines) is 1. The molecule has 1 aliphatic rings. The molecule has 0 N–H and O–H groups in total. The van der Waals surface area contributed by atoms with Crippen LogP contribution in [-0.2, 0) is 9.59 Å². The molecule has 1 fully saturated rings. The Morgan fingerprint density at radius 3 is 2.85 bits per heavy atom. The maximum absolute atomic E-state index is 12.0. The van der Waals surface area contributed by atoms with Gasteiger partial charge in [0.05, 0.1) is 11.9 Å². The number of hydrogen-bond donors (Lipinski definition) is 0. The van der Waals surface area contributed by atoms with Crippen LogP contribution in [0.1, 0.15) is 18.5 Å². The third-order valence-corrected chi connectivity index (χ3v) is 3.48. The van der Waals surface area contributed by atoms with Crippen LogP contribution in [0.5, 0.6) is 0 Å². The van der Waals surface area contributed by atoms with Crippen molar-refractivity contribution in [3.05, 3.63) is 42.4 Å². The molecule has 1 amide bonds. The van der Waals surface area contributed by atoms with Crippen LogP contribution < -0.4 is 0 Å². The lowest BCUT2D eigenvalue weighted by Crippen LogP contribution is -2.37. The second-order valence-corrected chi connectivity index (χ2v) is 4.81. The van der Waals surface area contributed by atoms with Gasteiger partial charge in [-0.2, -0.15) is 0 Å². The first-order valence-corrected chi connectivity index (χ1v) is 6.65. The SMILES string of the molecule is O=C1CCN(C(=O)/C=C/c2cnc3ccccn23)CC1. The summed E-state index contributed by atoms with van der Waals surface area (Å²) in [6, 6.07) is 5.76. The molecule has 2 aromatic rings. The van der Waals surface area contributed by atoms with Gasteiger partial charge in [0.15, 0.2) is 0 Å². The minimum Gasteiger partial charge on any atom is -0.338 e. The van der Waals surface area contributed by atoms with Crippen LogP contribution in [0.4, 0.5) is 0 Å². The van der Waals surface area contributed by atoms with Crippen LogP contribution in [0.15, 0.2) is 36.7 Å². The number of imidazole rings is 1. The van der Waals surface area contributed by atoms with Crippen molar-refractivity contribution in [1.82, 2.24) is 14.3 Å². The van der Waals surface area contributed by atoms with E-state index in [1.165, 1.54) is 0 Å². The van der Waals surface area contributed by atoms with Crippen molar-refractivity contribution in [3.8, 4) is 0 Å². The van der Waals surface area contributed by atoms with Crippen molar-refractivity contribution in [3.63, 3.8) is 0 Å². The standard InChI is InChI=1S/C15H15N3O2/c19-13-6-9-17(10-7-13)15(20)5-4-12-11-16-14-3-1-2-8-18(12)14/h1-5,8,11H,6-7,9-10H2/b5-4+. The first-order valence-electron chi connectivity index (χ1n) is 6.65. The number of ketones is 1. The Bertz CT molecular complexity index is 677. The Balaban J connectivity index is 1.73. The van der Waals surface area contributed by atoms with Gasteiger partial charge in [-0.15, -0.1) is 0 Å². The molecule has 0 radical (unpaired) electrons. The number of amides is 1. The van der Waals surface area contributed by atoms with Gasteiger partial charge in [0.25, 0.3) is 0 Å². The molecule has 20 heavy (non-hydrogen) atoms. The Hall–Kier alpha value is -2.43. The van der Waals surface area contributed by atoms with E-state index in [1.54, 1.807) is 23.2 Å². The smallest absolute Gasteiger partial charge is 0.246 e. The zero-order chi connectivity index (χ0) is 13.9. The quantitative estimate of drug-likeness (QED) is 0.777. The van der Waals surface area contributed by atoms with Crippen molar-refractivity contribution >= 4 is 23.4 Å². The predicted molar refractivity (Wildman–Crippen MR) is 75.0 cm³/mol. The molecule has 3 rings (SSSR count). The summed E-state index contributed by atoms with van der Waals surface area (Å²) in [5.41, 5.74) is 1.71. The van der Waals surface area contributed by atoms with Gasteiger partial charge in [-0.05, 0) is 18.2 Å². The molecule has 1 aliphatic heterocycles. The molecule has 0 bridgehead atoms. The Morgan fingerprint density at radius 1 is 1.25 bits per heavy atom. The minimum atomic E-state index is -0.0524. The summed E-state index contributed by atoms with van der Waals surface area (Å²) in [4.78, 5) is 29.2. The van der Waals surface area contributed by atoms with Crippen LogP contribution in [0.2, 0.25) is 0 Å². The fourth-order valence-corrected chi connectivity index (χ4v) is 2.31. The molecular formula is C15H15N3O2. The first-order chi connectivity index (χ1) is 9.74. The van der Waals surface area contributed by atoms with Crippen LogP contribution in [0, 0.1) is 0 Å². The van der Waals surface area contributed by atoms with E-state index >= 15 is 0 Å². The van der Waals surface area contributed by atoms with E-state index in [4.69, 9.17) is 0 Å². The highest BCUT2D eigenvalue weighted by molar-refractivity contribution is 5.93. The number of piperidine rings is 1. The number of carbonyl (C=O) groups excluding carboxylic acids is 2. The van der Waals surface area contributed by atoms with Crippen molar-refractivity contribution < 1.29 is 9.59 Å². The summed E-state index contributed by atoms with van der Waals surface area (Å²) >= 11 is 0. The molecule has 3 heterocycles. The molecule has 0 atom stereocenters. The van der Waals surface area contributed by atoms with Crippen molar-refractivity contribution in [2.45, 2.75) is 12.8 Å². The van der Waals surface area contributed by atoms with Crippen LogP contribution >= 0.6 is 0 Å². The van der Waals surface area contributed by atoms with E-state index < -0.39 is 0 Å². The van der Waals surface area contributed by atoms with Gasteiger partial charge >= 0.3 is 0 Å². The van der Waals surface area contributed by atoms with Crippen molar-refractivity contribution in [2.75, 3.05) is 13.1 Å². The van der Waals surface area contributed by atoms with E-state index in [2.05, 4.69) is 4.98 Å². The summed E-state index contributed by atoms with van der Waals surface area (Å²) in [5.74, 6) is 0.184. The average molecular weight is 269 g/mol. The molecule has 0 saturated carbocycles. The molecule has 0 unspecified atom stereocenters. The third kappa shape index (κ3) is 2.47. The molecular weight excluding hydrogens is 254 g/mol. The van der Waals surface area contributed by atoms with Crippen molar-refractivity contribution in [1.29, 1.82) is 0 Å². The maximum atomic E-state index is 12.0. The Labute approximate surface area is 116 Å². The molecule has 2 aromatic heterocycles. The van der Waals surface area contributed by atoms with Gasteiger partial charge in [0.1, 0.15) is 11.4 Å². The monoisotopic (exact) mass is 269 g/mol. The molecule has 0 spiro atoms. The van der Waals surface area contributed by atoms with Gasteiger partial charge in [0, 0.05) is 38.2 Å². The highest BCUT2D eigenvalue weighted by Crippen LogP contribution is 2.10. The molecule has 1 saturated heterocycles. The predicted octanol–water partition coefficient (Wildman–Crippen LogP) is 1.54. The van der Waals surface area contributed by atoms with E-state index in [0.717, 1.165) is 11.3 Å². The lowest BCUT2D eigenvalue weighted by atomic mass is 10.1. The average Bonchev–Trinajstić information content (AvgIpc) is 2.89. The normalized spacial score (nSPS) is 16.2. The van der Waals surface area contributed by atoms with E-state index in [9.17, 15) is 9.59 Å². The molecule has 0 aliphatic carbocycles. The number of aromatic nitrogens is 2. The lowest BCUT2D eigenvalue weighted by Gasteiger charge is -2.24. The number of hydrogen-bond acceptors (Lipinski definition) is 3. The summed E-state index contributed by atoms with van der Waals surface area (Å²) < 4.78 is 1.92. The summed E-state index contributed by atoms with van der Waals surface area (Å²) in [7, 11) is 0. The Kier molecular flexibility index (Phi) is 3.33. The maximum Gasteiger partial charge on any atom is 0.246 e. The lowest BCUT2D eigenvalue weighted by molar-refractivity contribution is -0.130. The largest absolute Gasteiger partial charge is 0.338 e. The van der Waals surface area contributed by atoms with Gasteiger partial charge in [-0.1, -0.05) is 6.07 Å². The van der Waals surface area contributed by atoms with Gasteiger partial charge in [-0.3, -0.25) is 9.59 Å². The van der Waals surface area contributed by atoms with E-state index in [1.807, 2.05) is 28.8 Å². The number of rotatable bonds is 2. The summed E-state index contributed by atoms with van der Waals surface area (Å²) in [5, 5.41) is 0. The molecule has 0 aromatic carbocycles. The number of Topliss-reactive ketones (excluding diaryl/α,β-unsaturated/α-hetero) is 1. The fourth-order valence-electron chi connectivity index (χ4n) is 2.31. The summed E-state index contributed by atoms with van der Waals surface area (Å²) in [6.07, 6.45) is 7.89. The van der Waals surface area contributed by atoms with Crippen molar-refractivity contribution in [2.24, 2.45) is 0 Å². The molecule has 5 nitrogen and oxygen atoms in total. The van der Waals surface area contributed by atoms with Gasteiger partial charge in [0.2, 0.25) is 5.91 Å². The van der Waals surface area contributed by atoms with Crippen LogP contribution in [-0.4, -0.2) is 39.1 Å². The van der Waals surface area contributed by atoms with Crippen LogP contribution in [0.25, 0.3) is 11.7 Å². The minimum absolute atomic E-state index is 0.0524. The molecule has 5 heteroatoms. The van der Waals surface area contributed by atoms with E-state index in [0.29, 0.717) is 25.9 Å². The number of carbonyl (C=O) groups is 2. The fraction of sp³-hybridized carbons (Fsp3) is 0.267. The second-order valence-electron chi connectivity index (χ2n) is 4.81. The molecule has 102 valence electrons. The zero-order valence-corrected chi connectivity index (χ0v) is 11.0. The second kappa shape index (κ2) is 5.28. The number of nitrogens with zero attached hydrogens (tertiary/aromatic N) is 3. The first kappa shape index (κ1) is 12.6. The number of fused-ring (bicyclic) bond motifs is 1. The van der Waals surface area contributed by atoms with Gasteiger partial charge < -0.3 is 9.30 Å². The summed E-state index contributed by atoms with van der Waals surface area (Å²) in [6.45, 7) is 1.05. The van der Waals surface area contributed by atoms with Crippen LogP contribution in [0.3, 0.4) is 0 Å². The Morgan fingerprint density at radius 2 is 2.05 bits per heavy atom. The zero-order valence-electron chi connectivity index (χ0n) is 11.0. The van der Waals surface area contributed by atoms with E-state index in [-0.39, 0.29) is 11.7 Å². The topological polar surface area (TPSA) is 54.7 Å². The van der Waals surface area contributed by atoms with Gasteiger partial charge in [-0.25, -0.2) is 4.98 Å². The third-order valence-electron chi connectivity index (χ3n) is 3.48.